The van der Waals surface area contributed by atoms with Crippen molar-refractivity contribution in [2.45, 2.75) is 222 Å². The van der Waals surface area contributed by atoms with Gasteiger partial charge in [0, 0.05) is 42.3 Å². The van der Waals surface area contributed by atoms with E-state index in [0.29, 0.717) is 0 Å². The molecule has 0 aromatic rings. The van der Waals surface area contributed by atoms with Crippen LogP contribution in [0.3, 0.4) is 0 Å². The molecular weight excluding hydrogens is 1040 g/mol. The molecule has 1 saturated heterocycles. The summed E-state index contributed by atoms with van der Waals surface area (Å²) in [7, 11) is 8.50. The summed E-state index contributed by atoms with van der Waals surface area (Å²) in [6.45, 7) is 27.4. The number of rotatable bonds is 14. The smallest absolute Gasteiger partial charge is 0.245 e. The summed E-state index contributed by atoms with van der Waals surface area (Å²) in [5.74, 6) is -8.34. The van der Waals surface area contributed by atoms with Crippen LogP contribution < -0.4 is 26.6 Å². The molecule has 1 fully saturated rings. The monoisotopic (exact) mass is 1150 g/mol. The number of nitrogens with one attached hydrogen (secondary N) is 5. The molecule has 1 aliphatic heterocycles. The lowest BCUT2D eigenvalue weighted by Crippen LogP contribution is -2.61. The maximum atomic E-state index is 15.0. The molecular formula is C58H105N11O12. The molecule has 0 bridgehead atoms. The molecule has 0 aromatic heterocycles. The van der Waals surface area contributed by atoms with Gasteiger partial charge in [-0.15, -0.1) is 0 Å². The van der Waals surface area contributed by atoms with Crippen molar-refractivity contribution in [3.05, 3.63) is 0 Å². The summed E-state index contributed by atoms with van der Waals surface area (Å²) < 4.78 is 0. The molecule has 1 unspecified atom stereocenters. The second kappa shape index (κ2) is 33.3. The molecule has 0 aromatic carbocycles. The normalized spacial score (nSPS) is 27.5. The van der Waals surface area contributed by atoms with Gasteiger partial charge < -0.3 is 61.1 Å². The van der Waals surface area contributed by atoms with Crippen molar-refractivity contribution in [3.63, 3.8) is 0 Å². The van der Waals surface area contributed by atoms with E-state index in [1.807, 2.05) is 83.1 Å². The lowest BCUT2D eigenvalue weighted by Gasteiger charge is -2.40. The van der Waals surface area contributed by atoms with Gasteiger partial charge in [-0.2, -0.15) is 0 Å². The first-order valence-corrected chi connectivity index (χ1v) is 29.1. The van der Waals surface area contributed by atoms with Crippen molar-refractivity contribution in [1.29, 1.82) is 0 Å². The van der Waals surface area contributed by atoms with Crippen molar-refractivity contribution in [3.8, 4) is 0 Å². The summed E-state index contributed by atoms with van der Waals surface area (Å²) >= 11 is 0. The van der Waals surface area contributed by atoms with Crippen LogP contribution >= 0.6 is 0 Å². The number of aliphatic hydroxyl groups is 1. The fourth-order valence-corrected chi connectivity index (χ4v) is 9.99. The van der Waals surface area contributed by atoms with Crippen molar-refractivity contribution in [1.82, 2.24) is 56.0 Å². The molecule has 23 heteroatoms. The van der Waals surface area contributed by atoms with Crippen molar-refractivity contribution >= 4 is 65.0 Å². The highest BCUT2D eigenvalue weighted by Crippen LogP contribution is 2.24. The zero-order valence-corrected chi connectivity index (χ0v) is 53.1. The molecule has 1 rings (SSSR count). The van der Waals surface area contributed by atoms with Crippen LogP contribution in [0.1, 0.15) is 156 Å². The van der Waals surface area contributed by atoms with Crippen LogP contribution in [0.25, 0.3) is 0 Å². The summed E-state index contributed by atoms with van der Waals surface area (Å²) in [5, 5.41) is 24.2. The van der Waals surface area contributed by atoms with Gasteiger partial charge in [0.2, 0.25) is 65.0 Å². The zero-order valence-electron chi connectivity index (χ0n) is 53.1. The molecule has 81 heavy (non-hydrogen) atoms. The van der Waals surface area contributed by atoms with Crippen molar-refractivity contribution in [2.75, 3.05) is 48.9 Å². The number of carbonyl (C=O) groups excluding carboxylic acids is 11. The standard InChI is InChI=1S/C58H105N11O12/c1-23-40-49(72)60-38(15)53(76)65(18)43(26-33(6)7)51(74)61-39(16)54(77)64(17)42(25-32(4)5)50(73)59-37(14)48(71)63-41(24-31(2)3)55(78)66(19)44(27-34(8)9)56(79)67(20)45(28-35(10)11)57(80)68(21)46(29-36(12)13)58(81)69(22)47(30-70)52(75)62-40/h31-47,70H,23-30H2,1-22H3,(H,59,73)(H,60,72)(H,61,74)(H,62,75)(H,63,71)/t37-,38-,39-,40-,41?,42-,43-,44-,45-,46-,47-/m0/s1. The van der Waals surface area contributed by atoms with Crippen LogP contribution in [0.4, 0.5) is 0 Å². The minimum atomic E-state index is -1.55. The molecule has 6 N–H and O–H groups in total. The largest absolute Gasteiger partial charge is 0.394 e. The number of carbonyl (C=O) groups is 11. The van der Waals surface area contributed by atoms with Crippen LogP contribution in [-0.2, 0) is 52.7 Å². The molecule has 464 valence electrons. The summed E-state index contributed by atoms with van der Waals surface area (Å²) in [6, 6.07) is -13.4. The topological polar surface area (TPSA) is 288 Å². The maximum absolute atomic E-state index is 15.0. The second-order valence-corrected chi connectivity index (χ2v) is 25.0. The van der Waals surface area contributed by atoms with E-state index in [4.69, 9.17) is 0 Å². The third kappa shape index (κ3) is 21.4. The van der Waals surface area contributed by atoms with Gasteiger partial charge in [0.25, 0.3) is 0 Å². The van der Waals surface area contributed by atoms with Gasteiger partial charge in [-0.3, -0.25) is 52.7 Å². The van der Waals surface area contributed by atoms with Crippen molar-refractivity contribution in [2.24, 2.45) is 35.5 Å². The average Bonchev–Trinajstić information content (AvgIpc) is 3.37. The Balaban J connectivity index is 4.20. The van der Waals surface area contributed by atoms with Gasteiger partial charge in [-0.1, -0.05) is 90.0 Å². The molecule has 0 aliphatic carbocycles. The van der Waals surface area contributed by atoms with Gasteiger partial charge >= 0.3 is 0 Å². The quantitative estimate of drug-likeness (QED) is 0.146. The number of nitrogens with zero attached hydrogens (tertiary/aromatic N) is 6. The molecule has 11 amide bonds. The predicted octanol–water partition coefficient (Wildman–Crippen LogP) is 2.12. The van der Waals surface area contributed by atoms with E-state index < -0.39 is 138 Å². The van der Waals surface area contributed by atoms with E-state index in [0.717, 1.165) is 4.90 Å². The molecule has 1 heterocycles. The Morgan fingerprint density at radius 2 is 0.580 bits per heavy atom. The lowest BCUT2D eigenvalue weighted by atomic mass is 9.95. The Kier molecular flexibility index (Phi) is 30.1. The second-order valence-electron chi connectivity index (χ2n) is 25.0. The Hall–Kier alpha value is -5.87. The first-order valence-electron chi connectivity index (χ1n) is 29.1. The minimum absolute atomic E-state index is 0.0216. The lowest BCUT2D eigenvalue weighted by molar-refractivity contribution is -0.155. The first-order chi connectivity index (χ1) is 37.4. The third-order valence-electron chi connectivity index (χ3n) is 14.9. The molecule has 0 radical (unpaired) electrons. The Morgan fingerprint density at radius 3 is 0.901 bits per heavy atom. The molecule has 0 spiro atoms. The first kappa shape index (κ1) is 73.1. The highest BCUT2D eigenvalue weighted by molar-refractivity contribution is 5.99. The highest BCUT2D eigenvalue weighted by Gasteiger charge is 2.43. The van der Waals surface area contributed by atoms with E-state index in [1.54, 1.807) is 6.92 Å². The Labute approximate surface area is 483 Å². The molecule has 0 saturated carbocycles. The van der Waals surface area contributed by atoms with E-state index in [9.17, 15) is 53.1 Å². The van der Waals surface area contributed by atoms with Gasteiger partial charge in [0.1, 0.15) is 66.5 Å². The van der Waals surface area contributed by atoms with Gasteiger partial charge in [0.15, 0.2) is 0 Å². The Bertz CT molecular complexity index is 2170. The SMILES string of the molecule is CC[C@@H]1NC(=O)[C@H](CO)N(C)C(=O)[C@H](CC(C)C)N(C)C(=O)[C@H](CC(C)C)N(C)C(=O)[C@H](CC(C)C)N(C)C(=O)C(CC(C)C)NC(=O)[C@H](C)NC(=O)[C@H](CC(C)C)N(C)C(=O)[C@H](C)NC(=O)[C@H](CC(C)C)N(C)C(=O)[C@H](C)NC1=O. The average molecular weight is 1150 g/mol. The van der Waals surface area contributed by atoms with E-state index in [1.165, 1.54) is 87.6 Å². The predicted molar refractivity (Wildman–Crippen MR) is 310 cm³/mol. The van der Waals surface area contributed by atoms with Crippen LogP contribution in [0, 0.1) is 35.5 Å². The number of hydrogen-bond acceptors (Lipinski definition) is 12. The van der Waals surface area contributed by atoms with Crippen molar-refractivity contribution < 1.29 is 57.8 Å². The molecule has 1 aliphatic rings. The Morgan fingerprint density at radius 1 is 0.321 bits per heavy atom. The summed E-state index contributed by atoms with van der Waals surface area (Å²) in [5.41, 5.74) is 0. The number of aliphatic hydroxyl groups excluding tert-OH is 1. The fourth-order valence-electron chi connectivity index (χ4n) is 9.99. The maximum Gasteiger partial charge on any atom is 0.245 e. The highest BCUT2D eigenvalue weighted by atomic mass is 16.3. The van der Waals surface area contributed by atoms with Crippen LogP contribution in [-0.4, -0.2) is 215 Å². The fraction of sp³-hybridized carbons (Fsp3) is 0.810. The minimum Gasteiger partial charge on any atom is -0.394 e. The van der Waals surface area contributed by atoms with Crippen LogP contribution in [0.15, 0.2) is 0 Å². The van der Waals surface area contributed by atoms with Gasteiger partial charge in [-0.05, 0) is 101 Å². The van der Waals surface area contributed by atoms with Gasteiger partial charge in [0.05, 0.1) is 6.61 Å². The number of hydrogen-bond donors (Lipinski definition) is 6. The zero-order chi connectivity index (χ0) is 62.8. The summed E-state index contributed by atoms with van der Waals surface area (Å²) in [6.07, 6.45) is 0.926. The summed E-state index contributed by atoms with van der Waals surface area (Å²) in [4.78, 5) is 165. The van der Waals surface area contributed by atoms with Crippen LogP contribution in [0.2, 0.25) is 0 Å². The van der Waals surface area contributed by atoms with E-state index >= 15 is 4.79 Å². The van der Waals surface area contributed by atoms with Gasteiger partial charge in [-0.25, -0.2) is 0 Å². The third-order valence-corrected chi connectivity index (χ3v) is 14.9. The van der Waals surface area contributed by atoms with E-state index in [-0.39, 0.29) is 80.5 Å². The van der Waals surface area contributed by atoms with Crippen LogP contribution in [0.5, 0.6) is 0 Å². The number of amides is 11. The number of likely N-dealkylation sites (N-methyl/N-ethyl adjacent to an activating group) is 6. The molecule has 23 nitrogen and oxygen atoms in total. The molecule has 11 atom stereocenters. The van der Waals surface area contributed by atoms with E-state index in [2.05, 4.69) is 26.6 Å².